The standard InChI is InChI=1S/C23H28Cl2N2O3/c1-4-5-12-26-23(29)17(3)27(14-18-8-6-16(2)7-9-18)22(28)15-30-21-11-10-19(24)13-20(21)25/h6-11,13,17H,4-5,12,14-15H2,1-3H3,(H,26,29)/t17-/m0/s1. The van der Waals surface area contributed by atoms with Gasteiger partial charge in [0.25, 0.3) is 5.91 Å². The van der Waals surface area contributed by atoms with Crippen LogP contribution in [-0.2, 0) is 16.1 Å². The molecule has 0 aliphatic heterocycles. The number of aryl methyl sites for hydroxylation is 1. The Kier molecular flexibility index (Phi) is 9.47. The van der Waals surface area contributed by atoms with Crippen LogP contribution in [0.2, 0.25) is 10.0 Å². The molecule has 5 nitrogen and oxygen atoms in total. The van der Waals surface area contributed by atoms with Crippen molar-refractivity contribution in [2.45, 2.75) is 46.2 Å². The summed E-state index contributed by atoms with van der Waals surface area (Å²) in [5.74, 6) is -0.127. The van der Waals surface area contributed by atoms with E-state index >= 15 is 0 Å². The van der Waals surface area contributed by atoms with E-state index in [-0.39, 0.29) is 18.4 Å². The first-order chi connectivity index (χ1) is 14.3. The number of hydrogen-bond acceptors (Lipinski definition) is 3. The Labute approximate surface area is 188 Å². The quantitative estimate of drug-likeness (QED) is 0.517. The van der Waals surface area contributed by atoms with Gasteiger partial charge >= 0.3 is 0 Å². The van der Waals surface area contributed by atoms with Crippen molar-refractivity contribution in [3.05, 3.63) is 63.6 Å². The maximum atomic E-state index is 13.0. The van der Waals surface area contributed by atoms with Crippen LogP contribution in [0.5, 0.6) is 5.75 Å². The molecule has 0 radical (unpaired) electrons. The smallest absolute Gasteiger partial charge is 0.261 e. The fourth-order valence-corrected chi connectivity index (χ4v) is 3.29. The fraction of sp³-hybridized carbons (Fsp3) is 0.391. The van der Waals surface area contributed by atoms with E-state index in [2.05, 4.69) is 12.2 Å². The highest BCUT2D eigenvalue weighted by atomic mass is 35.5. The van der Waals surface area contributed by atoms with Crippen molar-refractivity contribution in [2.75, 3.05) is 13.2 Å². The SMILES string of the molecule is CCCCNC(=O)[C@H](C)N(Cc1ccc(C)cc1)C(=O)COc1ccc(Cl)cc1Cl. The van der Waals surface area contributed by atoms with Crippen LogP contribution >= 0.6 is 23.2 Å². The molecule has 1 N–H and O–H groups in total. The second-order valence-corrected chi connectivity index (χ2v) is 8.03. The summed E-state index contributed by atoms with van der Waals surface area (Å²) >= 11 is 12.0. The van der Waals surface area contributed by atoms with E-state index in [0.29, 0.717) is 28.9 Å². The van der Waals surface area contributed by atoms with Crippen LogP contribution in [0, 0.1) is 6.92 Å². The summed E-state index contributed by atoms with van der Waals surface area (Å²) in [7, 11) is 0. The maximum Gasteiger partial charge on any atom is 0.261 e. The Hall–Kier alpha value is -2.24. The van der Waals surface area contributed by atoms with Gasteiger partial charge in [-0.05, 0) is 44.0 Å². The average Bonchev–Trinajstić information content (AvgIpc) is 2.72. The molecule has 0 unspecified atom stereocenters. The van der Waals surface area contributed by atoms with Gasteiger partial charge in [0.05, 0.1) is 5.02 Å². The summed E-state index contributed by atoms with van der Waals surface area (Å²) < 4.78 is 5.61. The molecule has 0 heterocycles. The fourth-order valence-electron chi connectivity index (χ4n) is 2.82. The zero-order chi connectivity index (χ0) is 22.1. The molecule has 0 aliphatic carbocycles. The van der Waals surface area contributed by atoms with E-state index in [1.54, 1.807) is 25.1 Å². The lowest BCUT2D eigenvalue weighted by Gasteiger charge is -2.29. The van der Waals surface area contributed by atoms with Gasteiger partial charge in [-0.25, -0.2) is 0 Å². The minimum absolute atomic E-state index is 0.187. The predicted octanol–water partition coefficient (Wildman–Crippen LogP) is 5.01. The number of rotatable bonds is 10. The van der Waals surface area contributed by atoms with Crippen LogP contribution < -0.4 is 10.1 Å². The van der Waals surface area contributed by atoms with Crippen LogP contribution in [0.15, 0.2) is 42.5 Å². The monoisotopic (exact) mass is 450 g/mol. The van der Waals surface area contributed by atoms with Crippen molar-refractivity contribution in [3.8, 4) is 5.75 Å². The molecule has 1 atom stereocenters. The van der Waals surface area contributed by atoms with Gasteiger partial charge in [-0.3, -0.25) is 9.59 Å². The van der Waals surface area contributed by atoms with E-state index in [4.69, 9.17) is 27.9 Å². The number of halogens is 2. The second-order valence-electron chi connectivity index (χ2n) is 7.19. The number of carbonyl (C=O) groups excluding carboxylic acids is 2. The highest BCUT2D eigenvalue weighted by Gasteiger charge is 2.26. The van der Waals surface area contributed by atoms with E-state index in [1.807, 2.05) is 31.2 Å². The number of nitrogens with zero attached hydrogens (tertiary/aromatic N) is 1. The van der Waals surface area contributed by atoms with Crippen LogP contribution in [-0.4, -0.2) is 35.9 Å². The van der Waals surface area contributed by atoms with Gasteiger partial charge in [0.15, 0.2) is 6.61 Å². The second kappa shape index (κ2) is 11.8. The van der Waals surface area contributed by atoms with Crippen molar-refractivity contribution in [2.24, 2.45) is 0 Å². The summed E-state index contributed by atoms with van der Waals surface area (Å²) in [4.78, 5) is 27.1. The van der Waals surface area contributed by atoms with E-state index in [0.717, 1.165) is 24.0 Å². The first kappa shape index (κ1) is 24.0. The molecular weight excluding hydrogens is 423 g/mol. The third kappa shape index (κ3) is 7.22. The summed E-state index contributed by atoms with van der Waals surface area (Å²) in [5.41, 5.74) is 2.06. The summed E-state index contributed by atoms with van der Waals surface area (Å²) in [5, 5.41) is 3.70. The van der Waals surface area contributed by atoms with Gasteiger partial charge in [0, 0.05) is 18.1 Å². The van der Waals surface area contributed by atoms with Crippen LogP contribution in [0.4, 0.5) is 0 Å². The highest BCUT2D eigenvalue weighted by molar-refractivity contribution is 6.35. The molecule has 2 rings (SSSR count). The van der Waals surface area contributed by atoms with E-state index in [9.17, 15) is 9.59 Å². The van der Waals surface area contributed by atoms with Crippen molar-refractivity contribution < 1.29 is 14.3 Å². The number of hydrogen-bond donors (Lipinski definition) is 1. The van der Waals surface area contributed by atoms with Gasteiger partial charge in [0.2, 0.25) is 5.91 Å². The number of amides is 2. The van der Waals surface area contributed by atoms with Crippen LogP contribution in [0.1, 0.15) is 37.8 Å². The van der Waals surface area contributed by atoms with Crippen molar-refractivity contribution >= 4 is 35.0 Å². The normalized spacial score (nSPS) is 11.6. The first-order valence-corrected chi connectivity index (χ1v) is 10.8. The van der Waals surface area contributed by atoms with Crippen molar-refractivity contribution in [3.63, 3.8) is 0 Å². The van der Waals surface area contributed by atoms with Crippen LogP contribution in [0.3, 0.4) is 0 Å². The zero-order valence-corrected chi connectivity index (χ0v) is 19.1. The third-order valence-electron chi connectivity index (χ3n) is 4.72. The molecule has 2 aromatic carbocycles. The number of nitrogens with one attached hydrogen (secondary N) is 1. The Morgan fingerprint density at radius 3 is 2.47 bits per heavy atom. The minimum Gasteiger partial charge on any atom is -0.482 e. The summed E-state index contributed by atoms with van der Waals surface area (Å²) in [6, 6.07) is 12.0. The third-order valence-corrected chi connectivity index (χ3v) is 5.25. The molecule has 162 valence electrons. The van der Waals surface area contributed by atoms with Gasteiger partial charge in [-0.15, -0.1) is 0 Å². The lowest BCUT2D eigenvalue weighted by atomic mass is 10.1. The zero-order valence-electron chi connectivity index (χ0n) is 17.6. The van der Waals surface area contributed by atoms with Gasteiger partial charge in [-0.1, -0.05) is 66.4 Å². The van der Waals surface area contributed by atoms with E-state index < -0.39 is 6.04 Å². The molecule has 0 saturated carbocycles. The Morgan fingerprint density at radius 2 is 1.83 bits per heavy atom. The van der Waals surface area contributed by atoms with Crippen LogP contribution in [0.25, 0.3) is 0 Å². The largest absolute Gasteiger partial charge is 0.482 e. The van der Waals surface area contributed by atoms with E-state index in [1.165, 1.54) is 4.90 Å². The number of carbonyl (C=O) groups is 2. The minimum atomic E-state index is -0.639. The number of ether oxygens (including phenoxy) is 1. The molecule has 0 saturated heterocycles. The van der Waals surface area contributed by atoms with Crippen molar-refractivity contribution in [1.29, 1.82) is 0 Å². The maximum absolute atomic E-state index is 13.0. The molecular formula is C23H28Cl2N2O3. The van der Waals surface area contributed by atoms with Gasteiger partial charge in [-0.2, -0.15) is 0 Å². The predicted molar refractivity (Wildman–Crippen MR) is 121 cm³/mol. The topological polar surface area (TPSA) is 58.6 Å². The molecule has 2 amide bonds. The van der Waals surface area contributed by atoms with Gasteiger partial charge in [0.1, 0.15) is 11.8 Å². The molecule has 2 aromatic rings. The molecule has 0 aromatic heterocycles. The lowest BCUT2D eigenvalue weighted by Crippen LogP contribution is -2.49. The highest BCUT2D eigenvalue weighted by Crippen LogP contribution is 2.27. The Balaban J connectivity index is 2.12. The van der Waals surface area contributed by atoms with Crippen molar-refractivity contribution in [1.82, 2.24) is 10.2 Å². The Bertz CT molecular complexity index is 856. The molecule has 0 spiro atoms. The molecule has 0 bridgehead atoms. The molecule has 7 heteroatoms. The molecule has 0 fully saturated rings. The Morgan fingerprint density at radius 1 is 1.13 bits per heavy atom. The van der Waals surface area contributed by atoms with Gasteiger partial charge < -0.3 is 15.0 Å². The molecule has 30 heavy (non-hydrogen) atoms. The summed E-state index contributed by atoms with van der Waals surface area (Å²) in [6.45, 7) is 6.44. The average molecular weight is 451 g/mol. The molecule has 0 aliphatic rings. The number of unbranched alkanes of at least 4 members (excludes halogenated alkanes) is 1. The number of benzene rings is 2. The first-order valence-electron chi connectivity index (χ1n) is 10.0. The lowest BCUT2D eigenvalue weighted by molar-refractivity contribution is -0.142. The summed E-state index contributed by atoms with van der Waals surface area (Å²) in [6.07, 6.45) is 1.87.